The number of rotatable bonds is 8. The fourth-order valence-electron chi connectivity index (χ4n) is 2.55. The summed E-state index contributed by atoms with van der Waals surface area (Å²) in [7, 11) is 0. The van der Waals surface area contributed by atoms with E-state index in [0.29, 0.717) is 24.5 Å². The van der Waals surface area contributed by atoms with Crippen molar-refractivity contribution in [1.29, 1.82) is 5.26 Å². The molecule has 0 bridgehead atoms. The average Bonchev–Trinajstić information content (AvgIpc) is 2.78. The van der Waals surface area contributed by atoms with Gasteiger partial charge >= 0.3 is 0 Å². The molecule has 0 spiro atoms. The molecule has 0 aliphatic rings. The Bertz CT molecular complexity index is 965. The largest absolute Gasteiger partial charge is 0.489 e. The molecule has 2 aromatic carbocycles. The Labute approximate surface area is 169 Å². The molecule has 1 amide bonds. The zero-order chi connectivity index (χ0) is 20.5. The number of nitrogens with one attached hydrogen (secondary N) is 1. The van der Waals surface area contributed by atoms with E-state index in [1.54, 1.807) is 43.6 Å². The molecule has 0 fully saturated rings. The lowest BCUT2D eigenvalue weighted by molar-refractivity contribution is -0.127. The van der Waals surface area contributed by atoms with Gasteiger partial charge in [-0.25, -0.2) is 0 Å². The summed E-state index contributed by atoms with van der Waals surface area (Å²) >= 11 is 0. The standard InChI is InChI=1S/C23H21N3O3/c1-17(29-22-10-4-18(13-24)5-11-22)23(27)26-15-19-6-8-21(9-7-19)28-16-20-3-2-12-25-14-20/h2-12,14,17H,15-16H2,1H3,(H,26,27). The Balaban J connectivity index is 1.44. The molecule has 6 nitrogen and oxygen atoms in total. The summed E-state index contributed by atoms with van der Waals surface area (Å²) in [5, 5.41) is 11.7. The number of nitriles is 1. The van der Waals surface area contributed by atoms with Crippen molar-refractivity contribution in [2.24, 2.45) is 0 Å². The summed E-state index contributed by atoms with van der Waals surface area (Å²) in [6.45, 7) is 2.53. The molecule has 1 atom stereocenters. The molecule has 0 saturated heterocycles. The number of aromatic nitrogens is 1. The van der Waals surface area contributed by atoms with Gasteiger partial charge in [0.05, 0.1) is 11.6 Å². The van der Waals surface area contributed by atoms with E-state index in [9.17, 15) is 4.79 Å². The monoisotopic (exact) mass is 387 g/mol. The van der Waals surface area contributed by atoms with E-state index in [-0.39, 0.29) is 5.91 Å². The van der Waals surface area contributed by atoms with Crippen LogP contribution in [-0.4, -0.2) is 17.0 Å². The first-order valence-corrected chi connectivity index (χ1v) is 9.19. The lowest BCUT2D eigenvalue weighted by Gasteiger charge is -2.15. The summed E-state index contributed by atoms with van der Waals surface area (Å²) in [6.07, 6.45) is 2.85. The maximum atomic E-state index is 12.3. The SMILES string of the molecule is CC(Oc1ccc(C#N)cc1)C(=O)NCc1ccc(OCc2cccnc2)cc1. The van der Waals surface area contributed by atoms with Gasteiger partial charge in [0.15, 0.2) is 6.10 Å². The normalized spacial score (nSPS) is 11.2. The van der Waals surface area contributed by atoms with Crippen LogP contribution in [0.5, 0.6) is 11.5 Å². The van der Waals surface area contributed by atoms with Crippen LogP contribution in [0, 0.1) is 11.3 Å². The molecular weight excluding hydrogens is 366 g/mol. The van der Waals surface area contributed by atoms with Crippen LogP contribution in [-0.2, 0) is 17.9 Å². The van der Waals surface area contributed by atoms with E-state index >= 15 is 0 Å². The Kier molecular flexibility index (Phi) is 6.80. The topological polar surface area (TPSA) is 84.2 Å². The van der Waals surface area contributed by atoms with Crippen LogP contribution in [0.1, 0.15) is 23.6 Å². The summed E-state index contributed by atoms with van der Waals surface area (Å²) < 4.78 is 11.3. The highest BCUT2D eigenvalue weighted by atomic mass is 16.5. The Morgan fingerprint density at radius 1 is 1.07 bits per heavy atom. The van der Waals surface area contributed by atoms with E-state index in [4.69, 9.17) is 14.7 Å². The van der Waals surface area contributed by atoms with Crippen LogP contribution in [0.15, 0.2) is 73.1 Å². The third kappa shape index (κ3) is 6.08. The number of carbonyl (C=O) groups is 1. The molecule has 3 rings (SSSR count). The minimum Gasteiger partial charge on any atom is -0.489 e. The predicted octanol–water partition coefficient (Wildman–Crippen LogP) is 3.62. The highest BCUT2D eigenvalue weighted by molar-refractivity contribution is 5.80. The Morgan fingerprint density at radius 3 is 2.45 bits per heavy atom. The summed E-state index contributed by atoms with van der Waals surface area (Å²) in [5.74, 6) is 1.08. The van der Waals surface area contributed by atoms with Gasteiger partial charge in [0.2, 0.25) is 0 Å². The van der Waals surface area contributed by atoms with Gasteiger partial charge in [0.25, 0.3) is 5.91 Å². The molecule has 0 aliphatic carbocycles. The van der Waals surface area contributed by atoms with Crippen molar-refractivity contribution >= 4 is 5.91 Å². The fourth-order valence-corrected chi connectivity index (χ4v) is 2.55. The molecule has 1 N–H and O–H groups in total. The first kappa shape index (κ1) is 19.9. The molecule has 1 heterocycles. The van der Waals surface area contributed by atoms with Gasteiger partial charge in [-0.3, -0.25) is 9.78 Å². The van der Waals surface area contributed by atoms with E-state index < -0.39 is 6.10 Å². The fraction of sp³-hybridized carbons (Fsp3) is 0.174. The molecule has 0 radical (unpaired) electrons. The van der Waals surface area contributed by atoms with Crippen molar-refractivity contribution in [3.63, 3.8) is 0 Å². The number of nitrogens with zero attached hydrogens (tertiary/aromatic N) is 2. The summed E-state index contributed by atoms with van der Waals surface area (Å²) in [5.41, 5.74) is 2.50. The van der Waals surface area contributed by atoms with Crippen LogP contribution in [0.2, 0.25) is 0 Å². The van der Waals surface area contributed by atoms with Gasteiger partial charge in [-0.05, 0) is 55.0 Å². The molecular formula is C23H21N3O3. The second-order valence-corrected chi connectivity index (χ2v) is 6.41. The van der Waals surface area contributed by atoms with Gasteiger partial charge < -0.3 is 14.8 Å². The maximum absolute atomic E-state index is 12.3. The quantitative estimate of drug-likeness (QED) is 0.638. The van der Waals surface area contributed by atoms with Crippen molar-refractivity contribution in [3.05, 3.63) is 89.7 Å². The second-order valence-electron chi connectivity index (χ2n) is 6.41. The third-order valence-electron chi connectivity index (χ3n) is 4.18. The van der Waals surface area contributed by atoms with E-state index in [1.165, 1.54) is 0 Å². The first-order chi connectivity index (χ1) is 14.1. The van der Waals surface area contributed by atoms with E-state index in [2.05, 4.69) is 10.3 Å². The van der Waals surface area contributed by atoms with Crippen molar-refractivity contribution in [2.75, 3.05) is 0 Å². The number of hydrogen-bond donors (Lipinski definition) is 1. The molecule has 146 valence electrons. The maximum Gasteiger partial charge on any atom is 0.261 e. The van der Waals surface area contributed by atoms with Crippen LogP contribution in [0.3, 0.4) is 0 Å². The number of pyridine rings is 1. The van der Waals surface area contributed by atoms with Gasteiger partial charge in [-0.15, -0.1) is 0 Å². The van der Waals surface area contributed by atoms with Crippen LogP contribution in [0.4, 0.5) is 0 Å². The number of benzene rings is 2. The van der Waals surface area contributed by atoms with Crippen LogP contribution >= 0.6 is 0 Å². The Hall–Kier alpha value is -3.85. The molecule has 6 heteroatoms. The lowest BCUT2D eigenvalue weighted by Crippen LogP contribution is -2.35. The van der Waals surface area contributed by atoms with Crippen LogP contribution < -0.4 is 14.8 Å². The highest BCUT2D eigenvalue weighted by Crippen LogP contribution is 2.15. The number of hydrogen-bond acceptors (Lipinski definition) is 5. The lowest BCUT2D eigenvalue weighted by atomic mass is 10.2. The van der Waals surface area contributed by atoms with Crippen LogP contribution in [0.25, 0.3) is 0 Å². The molecule has 0 saturated carbocycles. The zero-order valence-corrected chi connectivity index (χ0v) is 16.0. The highest BCUT2D eigenvalue weighted by Gasteiger charge is 2.14. The minimum atomic E-state index is -0.648. The summed E-state index contributed by atoms with van der Waals surface area (Å²) in [6, 6.07) is 20.1. The van der Waals surface area contributed by atoms with Gasteiger partial charge in [0.1, 0.15) is 18.1 Å². The van der Waals surface area contributed by atoms with Crippen molar-refractivity contribution < 1.29 is 14.3 Å². The third-order valence-corrected chi connectivity index (χ3v) is 4.18. The van der Waals surface area contributed by atoms with Gasteiger partial charge in [-0.1, -0.05) is 18.2 Å². The molecule has 1 unspecified atom stereocenters. The van der Waals surface area contributed by atoms with Crippen molar-refractivity contribution in [1.82, 2.24) is 10.3 Å². The number of carbonyl (C=O) groups excluding carboxylic acids is 1. The minimum absolute atomic E-state index is 0.216. The molecule has 1 aromatic heterocycles. The smallest absolute Gasteiger partial charge is 0.261 e. The van der Waals surface area contributed by atoms with Crippen molar-refractivity contribution in [3.8, 4) is 17.6 Å². The molecule has 29 heavy (non-hydrogen) atoms. The summed E-state index contributed by atoms with van der Waals surface area (Å²) in [4.78, 5) is 16.3. The average molecular weight is 387 g/mol. The number of amides is 1. The second kappa shape index (κ2) is 9.90. The van der Waals surface area contributed by atoms with Crippen molar-refractivity contribution in [2.45, 2.75) is 26.2 Å². The van der Waals surface area contributed by atoms with Gasteiger partial charge in [0, 0.05) is 24.5 Å². The van der Waals surface area contributed by atoms with E-state index in [1.807, 2.05) is 42.5 Å². The number of ether oxygens (including phenoxy) is 2. The first-order valence-electron chi connectivity index (χ1n) is 9.19. The van der Waals surface area contributed by atoms with E-state index in [0.717, 1.165) is 16.9 Å². The Morgan fingerprint density at radius 2 is 1.79 bits per heavy atom. The van der Waals surface area contributed by atoms with Gasteiger partial charge in [-0.2, -0.15) is 5.26 Å². The molecule has 0 aliphatic heterocycles. The predicted molar refractivity (Wildman–Crippen MR) is 108 cm³/mol. The zero-order valence-electron chi connectivity index (χ0n) is 16.0. The molecule has 3 aromatic rings.